The van der Waals surface area contributed by atoms with Gasteiger partial charge in [-0.25, -0.2) is 4.79 Å². The number of fused-ring (bicyclic) bond motifs is 4. The van der Waals surface area contributed by atoms with Gasteiger partial charge in [-0.3, -0.25) is 4.79 Å². The van der Waals surface area contributed by atoms with E-state index >= 15 is 0 Å². The maximum atomic E-state index is 13.7. The second-order valence-electron chi connectivity index (χ2n) is 11.2. The van der Waals surface area contributed by atoms with E-state index < -0.39 is 11.0 Å². The predicted molar refractivity (Wildman–Crippen MR) is 136 cm³/mol. The Hall–Kier alpha value is -3.79. The zero-order chi connectivity index (χ0) is 25.8. The molecule has 0 bridgehead atoms. The number of ether oxygens (including phenoxy) is 2. The number of nitrogens with one attached hydrogen (secondary N) is 1. The molecule has 1 aliphatic heterocycles. The molecular weight excluding hydrogens is 454 g/mol. The quantitative estimate of drug-likeness (QED) is 0.503. The molecule has 1 saturated heterocycles. The molecule has 1 N–H and O–H groups in total. The number of hydrogen-bond acceptors (Lipinski definition) is 5. The third-order valence-corrected chi connectivity index (χ3v) is 7.09. The van der Waals surface area contributed by atoms with Crippen LogP contribution in [0.2, 0.25) is 0 Å². The average molecular weight is 486 g/mol. The second-order valence-corrected chi connectivity index (χ2v) is 11.2. The van der Waals surface area contributed by atoms with E-state index in [1.807, 2.05) is 45.0 Å². The Bertz CT molecular complexity index is 1410. The lowest BCUT2D eigenvalue weighted by Gasteiger charge is -2.34. The fourth-order valence-corrected chi connectivity index (χ4v) is 5.25. The topological polar surface area (TPSA) is 95.4 Å². The van der Waals surface area contributed by atoms with Crippen LogP contribution < -0.4 is 4.74 Å². The molecule has 5 rings (SSSR count). The van der Waals surface area contributed by atoms with Crippen molar-refractivity contribution in [3.63, 3.8) is 0 Å². The minimum atomic E-state index is -0.517. The molecule has 7 nitrogen and oxygen atoms in total. The normalized spacial score (nSPS) is 17.3. The van der Waals surface area contributed by atoms with Gasteiger partial charge in [-0.1, -0.05) is 26.0 Å². The molecule has 0 spiro atoms. The maximum Gasteiger partial charge on any atom is 0.410 e. The summed E-state index contributed by atoms with van der Waals surface area (Å²) in [5.74, 6) is 0.615. The lowest BCUT2D eigenvalue weighted by molar-refractivity contribution is 0.0126. The molecule has 1 fully saturated rings. The van der Waals surface area contributed by atoms with Gasteiger partial charge in [0.2, 0.25) is 0 Å². The molecule has 36 heavy (non-hydrogen) atoms. The Morgan fingerprint density at radius 1 is 1.14 bits per heavy atom. The van der Waals surface area contributed by atoms with Gasteiger partial charge < -0.3 is 19.4 Å². The highest BCUT2D eigenvalue weighted by Crippen LogP contribution is 2.44. The van der Waals surface area contributed by atoms with Gasteiger partial charge in [-0.05, 0) is 50.6 Å². The summed E-state index contributed by atoms with van der Waals surface area (Å²) in [6.07, 6.45) is 1.06. The molecular formula is C29H31N3O4. The Kier molecular flexibility index (Phi) is 5.59. The lowest BCUT2D eigenvalue weighted by atomic mass is 9.71. The van der Waals surface area contributed by atoms with Crippen molar-refractivity contribution in [3.8, 4) is 11.8 Å². The van der Waals surface area contributed by atoms with Crippen LogP contribution in [0.3, 0.4) is 0 Å². The molecule has 186 valence electrons. The number of nitrogens with zero attached hydrogens (tertiary/aromatic N) is 2. The van der Waals surface area contributed by atoms with Crippen LogP contribution >= 0.6 is 0 Å². The van der Waals surface area contributed by atoms with Crippen LogP contribution in [0.25, 0.3) is 10.9 Å². The monoisotopic (exact) mass is 485 g/mol. The third-order valence-electron chi connectivity index (χ3n) is 7.09. The van der Waals surface area contributed by atoms with Gasteiger partial charge >= 0.3 is 6.09 Å². The number of likely N-dealkylation sites (tertiary alicyclic amines) is 1. The number of benzene rings is 2. The highest BCUT2D eigenvalue weighted by molar-refractivity contribution is 6.20. The number of rotatable bonds is 2. The fourth-order valence-electron chi connectivity index (χ4n) is 5.25. The predicted octanol–water partition coefficient (Wildman–Crippen LogP) is 5.69. The number of hydrogen-bond donors (Lipinski definition) is 1. The first-order valence-electron chi connectivity index (χ1n) is 12.4. The van der Waals surface area contributed by atoms with Crippen molar-refractivity contribution in [2.24, 2.45) is 0 Å². The van der Waals surface area contributed by atoms with E-state index in [9.17, 15) is 14.9 Å². The van der Waals surface area contributed by atoms with Crippen molar-refractivity contribution in [1.29, 1.82) is 5.26 Å². The SMILES string of the molecule is CC(C)(C)OC(=O)N1CCC(Oc2ccc3c(c2)C(=O)c2c([nH]c4cc(C#N)ccc24)C3(C)C)CC1. The molecule has 0 saturated carbocycles. The van der Waals surface area contributed by atoms with Crippen molar-refractivity contribution >= 4 is 22.8 Å². The summed E-state index contributed by atoms with van der Waals surface area (Å²) in [4.78, 5) is 31.2. The molecule has 1 amide bonds. The minimum Gasteiger partial charge on any atom is -0.490 e. The van der Waals surface area contributed by atoms with Crippen LogP contribution in [0.5, 0.6) is 5.75 Å². The fraction of sp³-hybridized carbons (Fsp3) is 0.414. The summed E-state index contributed by atoms with van der Waals surface area (Å²) in [7, 11) is 0. The number of piperidine rings is 1. The van der Waals surface area contributed by atoms with Gasteiger partial charge in [0.25, 0.3) is 0 Å². The minimum absolute atomic E-state index is 0.0403. The highest BCUT2D eigenvalue weighted by atomic mass is 16.6. The first kappa shape index (κ1) is 23.9. The second kappa shape index (κ2) is 8.41. The van der Waals surface area contributed by atoms with Crippen LogP contribution in [0.15, 0.2) is 36.4 Å². The van der Waals surface area contributed by atoms with Gasteiger partial charge in [0.05, 0.1) is 17.2 Å². The van der Waals surface area contributed by atoms with Crippen LogP contribution in [-0.2, 0) is 10.2 Å². The molecule has 1 aromatic heterocycles. The number of nitriles is 1. The first-order chi connectivity index (χ1) is 17.0. The summed E-state index contributed by atoms with van der Waals surface area (Å²) in [6, 6.07) is 13.3. The Balaban J connectivity index is 1.37. The van der Waals surface area contributed by atoms with Gasteiger partial charge in [-0.15, -0.1) is 0 Å². The van der Waals surface area contributed by atoms with Gasteiger partial charge in [-0.2, -0.15) is 5.26 Å². The van der Waals surface area contributed by atoms with E-state index in [4.69, 9.17) is 9.47 Å². The zero-order valence-corrected chi connectivity index (χ0v) is 21.4. The van der Waals surface area contributed by atoms with Crippen LogP contribution in [-0.4, -0.2) is 46.6 Å². The van der Waals surface area contributed by atoms with Crippen LogP contribution in [0, 0.1) is 11.3 Å². The number of carbonyl (C=O) groups excluding carboxylic acids is 2. The highest BCUT2D eigenvalue weighted by Gasteiger charge is 2.40. The lowest BCUT2D eigenvalue weighted by Crippen LogP contribution is -2.44. The molecule has 2 aliphatic rings. The summed E-state index contributed by atoms with van der Waals surface area (Å²) in [6.45, 7) is 10.9. The van der Waals surface area contributed by atoms with Gasteiger partial charge in [0, 0.05) is 53.5 Å². The third kappa shape index (κ3) is 4.11. The molecule has 3 aromatic rings. The van der Waals surface area contributed by atoms with Gasteiger partial charge in [0.15, 0.2) is 5.78 Å². The largest absolute Gasteiger partial charge is 0.490 e. The van der Waals surface area contributed by atoms with E-state index in [2.05, 4.69) is 24.9 Å². The number of aromatic nitrogens is 1. The maximum absolute atomic E-state index is 13.7. The molecule has 1 aliphatic carbocycles. The van der Waals surface area contributed by atoms with E-state index in [-0.39, 0.29) is 18.0 Å². The van der Waals surface area contributed by atoms with Crippen molar-refractivity contribution in [3.05, 3.63) is 64.3 Å². The standard InChI is InChI=1S/C29H31N3O4/c1-28(2,3)36-27(34)32-12-10-18(11-13-32)35-19-7-9-22-21(15-19)25(33)24-20-8-6-17(16-30)14-23(20)31-26(24)29(22,4)5/h6-9,14-15,18,31H,10-13H2,1-5H3. The summed E-state index contributed by atoms with van der Waals surface area (Å²) in [5.41, 5.74) is 3.53. The molecule has 2 aromatic carbocycles. The van der Waals surface area contributed by atoms with Crippen LogP contribution in [0.1, 0.15) is 80.2 Å². The number of amides is 1. The Morgan fingerprint density at radius 3 is 2.53 bits per heavy atom. The van der Waals surface area contributed by atoms with Crippen molar-refractivity contribution < 1.29 is 19.1 Å². The zero-order valence-electron chi connectivity index (χ0n) is 21.4. The van der Waals surface area contributed by atoms with E-state index in [1.165, 1.54) is 0 Å². The van der Waals surface area contributed by atoms with E-state index in [0.29, 0.717) is 48.4 Å². The summed E-state index contributed by atoms with van der Waals surface area (Å²) in [5, 5.41) is 10.1. The number of carbonyl (C=O) groups is 2. The Morgan fingerprint density at radius 2 is 1.86 bits per heavy atom. The molecule has 0 unspecified atom stereocenters. The van der Waals surface area contributed by atoms with Gasteiger partial charge in [0.1, 0.15) is 17.5 Å². The van der Waals surface area contributed by atoms with E-state index in [0.717, 1.165) is 22.2 Å². The molecule has 0 radical (unpaired) electrons. The van der Waals surface area contributed by atoms with Crippen LogP contribution in [0.4, 0.5) is 4.79 Å². The van der Waals surface area contributed by atoms with E-state index in [1.54, 1.807) is 17.0 Å². The van der Waals surface area contributed by atoms with Crippen molar-refractivity contribution in [2.45, 2.75) is 64.6 Å². The number of aromatic amines is 1. The smallest absolute Gasteiger partial charge is 0.410 e. The summed E-state index contributed by atoms with van der Waals surface area (Å²) < 4.78 is 11.8. The van der Waals surface area contributed by atoms with Crippen molar-refractivity contribution in [1.82, 2.24) is 9.88 Å². The Labute approximate surface area is 211 Å². The number of ketones is 1. The molecule has 2 heterocycles. The number of H-pyrrole nitrogens is 1. The molecule has 0 atom stereocenters. The average Bonchev–Trinajstić information content (AvgIpc) is 3.22. The van der Waals surface area contributed by atoms with Crippen molar-refractivity contribution in [2.75, 3.05) is 13.1 Å². The molecule has 7 heteroatoms. The summed E-state index contributed by atoms with van der Waals surface area (Å²) >= 11 is 0. The first-order valence-corrected chi connectivity index (χ1v) is 12.4.